The predicted molar refractivity (Wildman–Crippen MR) is 82.8 cm³/mol. The zero-order chi connectivity index (χ0) is 16.3. The van der Waals surface area contributed by atoms with E-state index < -0.39 is 11.4 Å². The Labute approximate surface area is 127 Å². The second-order valence-corrected chi connectivity index (χ2v) is 7.50. The van der Waals surface area contributed by atoms with Gasteiger partial charge < -0.3 is 15.7 Å². The average molecular weight is 298 g/mol. The van der Waals surface area contributed by atoms with Crippen molar-refractivity contribution in [1.82, 2.24) is 4.90 Å². The van der Waals surface area contributed by atoms with Crippen LogP contribution in [0, 0.1) is 16.7 Å². The highest BCUT2D eigenvalue weighted by atomic mass is 16.4. The SMILES string of the molecule is CCC1(C(=O)O)CCCN(C(=O)C(CN)CC(C)(C)C)C1. The average Bonchev–Trinajstić information content (AvgIpc) is 2.42. The van der Waals surface area contributed by atoms with Crippen molar-refractivity contribution < 1.29 is 14.7 Å². The van der Waals surface area contributed by atoms with Gasteiger partial charge in [-0.3, -0.25) is 9.59 Å². The lowest BCUT2D eigenvalue weighted by atomic mass is 9.77. The molecule has 21 heavy (non-hydrogen) atoms. The Morgan fingerprint density at radius 1 is 1.38 bits per heavy atom. The number of amides is 1. The first-order valence-electron chi connectivity index (χ1n) is 7.87. The molecular weight excluding hydrogens is 268 g/mol. The van der Waals surface area contributed by atoms with Gasteiger partial charge in [0.1, 0.15) is 0 Å². The molecule has 1 rings (SSSR count). The monoisotopic (exact) mass is 298 g/mol. The van der Waals surface area contributed by atoms with Crippen molar-refractivity contribution in [3.8, 4) is 0 Å². The van der Waals surface area contributed by atoms with Crippen LogP contribution in [0.5, 0.6) is 0 Å². The Hall–Kier alpha value is -1.10. The molecule has 5 heteroatoms. The largest absolute Gasteiger partial charge is 0.481 e. The predicted octanol–water partition coefficient (Wildman–Crippen LogP) is 2.10. The molecule has 1 aliphatic heterocycles. The maximum atomic E-state index is 12.7. The summed E-state index contributed by atoms with van der Waals surface area (Å²) in [5, 5.41) is 9.51. The van der Waals surface area contributed by atoms with Crippen molar-refractivity contribution >= 4 is 11.9 Å². The second kappa shape index (κ2) is 6.77. The van der Waals surface area contributed by atoms with E-state index in [9.17, 15) is 14.7 Å². The fourth-order valence-corrected chi connectivity index (χ4v) is 3.20. The summed E-state index contributed by atoms with van der Waals surface area (Å²) in [6.45, 7) is 9.44. The number of hydrogen-bond acceptors (Lipinski definition) is 3. The van der Waals surface area contributed by atoms with Crippen LogP contribution in [0.15, 0.2) is 0 Å². The fraction of sp³-hybridized carbons (Fsp3) is 0.875. The van der Waals surface area contributed by atoms with E-state index >= 15 is 0 Å². The van der Waals surface area contributed by atoms with E-state index in [0.717, 1.165) is 12.8 Å². The molecular formula is C16H30N2O3. The standard InChI is InChI=1S/C16H30N2O3/c1-5-16(14(20)21)7-6-8-18(11-16)13(19)12(10-17)9-15(2,3)4/h12H,5-11,17H2,1-4H3,(H,20,21). The maximum Gasteiger partial charge on any atom is 0.311 e. The molecule has 0 aromatic heterocycles. The molecule has 1 aliphatic rings. The number of carboxylic acids is 1. The van der Waals surface area contributed by atoms with Crippen molar-refractivity contribution in [2.75, 3.05) is 19.6 Å². The number of carboxylic acid groups (broad SMARTS) is 1. The van der Waals surface area contributed by atoms with Crippen molar-refractivity contribution in [2.24, 2.45) is 22.5 Å². The van der Waals surface area contributed by atoms with Gasteiger partial charge in [0, 0.05) is 19.6 Å². The number of aliphatic carboxylic acids is 1. The summed E-state index contributed by atoms with van der Waals surface area (Å²) in [6, 6.07) is 0. The van der Waals surface area contributed by atoms with E-state index in [1.807, 2.05) is 6.92 Å². The molecule has 3 N–H and O–H groups in total. The molecule has 0 bridgehead atoms. The summed E-state index contributed by atoms with van der Waals surface area (Å²) in [7, 11) is 0. The van der Waals surface area contributed by atoms with Gasteiger partial charge in [-0.15, -0.1) is 0 Å². The van der Waals surface area contributed by atoms with Gasteiger partial charge in [-0.05, 0) is 31.1 Å². The van der Waals surface area contributed by atoms with Gasteiger partial charge in [-0.25, -0.2) is 0 Å². The number of likely N-dealkylation sites (tertiary alicyclic amines) is 1. The van der Waals surface area contributed by atoms with Gasteiger partial charge in [0.25, 0.3) is 0 Å². The second-order valence-electron chi connectivity index (χ2n) is 7.50. The minimum Gasteiger partial charge on any atom is -0.481 e. The summed E-state index contributed by atoms with van der Waals surface area (Å²) < 4.78 is 0. The van der Waals surface area contributed by atoms with Crippen LogP contribution in [0.2, 0.25) is 0 Å². The van der Waals surface area contributed by atoms with Gasteiger partial charge in [-0.1, -0.05) is 27.7 Å². The number of carbonyl (C=O) groups is 2. The highest BCUT2D eigenvalue weighted by Crippen LogP contribution is 2.35. The zero-order valence-corrected chi connectivity index (χ0v) is 13.8. The molecule has 1 amide bonds. The quantitative estimate of drug-likeness (QED) is 0.814. The van der Waals surface area contributed by atoms with Gasteiger partial charge >= 0.3 is 5.97 Å². The molecule has 2 unspecified atom stereocenters. The Morgan fingerprint density at radius 3 is 2.43 bits per heavy atom. The molecule has 1 fully saturated rings. The van der Waals surface area contributed by atoms with Crippen LogP contribution in [0.25, 0.3) is 0 Å². The molecule has 0 aliphatic carbocycles. The first-order chi connectivity index (χ1) is 9.65. The van der Waals surface area contributed by atoms with E-state index in [2.05, 4.69) is 20.8 Å². The van der Waals surface area contributed by atoms with Crippen molar-refractivity contribution in [1.29, 1.82) is 0 Å². The third kappa shape index (κ3) is 4.43. The van der Waals surface area contributed by atoms with Crippen LogP contribution in [-0.4, -0.2) is 41.5 Å². The minimum absolute atomic E-state index is 0.0196. The fourth-order valence-electron chi connectivity index (χ4n) is 3.20. The first-order valence-corrected chi connectivity index (χ1v) is 7.87. The normalized spacial score (nSPS) is 24.7. The number of piperidine rings is 1. The van der Waals surface area contributed by atoms with Crippen LogP contribution in [-0.2, 0) is 9.59 Å². The molecule has 0 aromatic rings. The van der Waals surface area contributed by atoms with Gasteiger partial charge in [0.05, 0.1) is 11.3 Å². The Kier molecular flexibility index (Phi) is 5.79. The Morgan fingerprint density at radius 2 is 2.00 bits per heavy atom. The smallest absolute Gasteiger partial charge is 0.311 e. The Bertz CT molecular complexity index is 389. The van der Waals surface area contributed by atoms with Crippen molar-refractivity contribution in [3.63, 3.8) is 0 Å². The number of hydrogen-bond donors (Lipinski definition) is 2. The van der Waals surface area contributed by atoms with Gasteiger partial charge in [0.15, 0.2) is 0 Å². The van der Waals surface area contributed by atoms with Gasteiger partial charge in [-0.2, -0.15) is 0 Å². The third-order valence-corrected chi connectivity index (χ3v) is 4.51. The molecule has 122 valence electrons. The molecule has 1 saturated heterocycles. The molecule has 1 heterocycles. The summed E-state index contributed by atoms with van der Waals surface area (Å²) in [5.74, 6) is -0.986. The lowest BCUT2D eigenvalue weighted by Crippen LogP contribution is -2.52. The Balaban J connectivity index is 2.83. The maximum absolute atomic E-state index is 12.7. The van der Waals surface area contributed by atoms with Gasteiger partial charge in [0.2, 0.25) is 5.91 Å². The van der Waals surface area contributed by atoms with E-state index in [1.165, 1.54) is 0 Å². The van der Waals surface area contributed by atoms with Crippen molar-refractivity contribution in [2.45, 2.75) is 53.4 Å². The van der Waals surface area contributed by atoms with E-state index in [0.29, 0.717) is 32.5 Å². The van der Waals surface area contributed by atoms with Crippen molar-refractivity contribution in [3.05, 3.63) is 0 Å². The van der Waals surface area contributed by atoms with E-state index in [1.54, 1.807) is 4.90 Å². The van der Waals surface area contributed by atoms with Crippen LogP contribution in [0.1, 0.15) is 53.4 Å². The third-order valence-electron chi connectivity index (χ3n) is 4.51. The molecule has 0 saturated carbocycles. The molecule has 0 aromatic carbocycles. The zero-order valence-electron chi connectivity index (χ0n) is 13.8. The lowest BCUT2D eigenvalue weighted by molar-refractivity contribution is -0.156. The molecule has 5 nitrogen and oxygen atoms in total. The van der Waals surface area contributed by atoms with E-state index in [-0.39, 0.29) is 17.2 Å². The number of carbonyl (C=O) groups excluding carboxylic acids is 1. The van der Waals surface area contributed by atoms with E-state index in [4.69, 9.17) is 5.73 Å². The number of rotatable bonds is 5. The topological polar surface area (TPSA) is 83.6 Å². The highest BCUT2D eigenvalue weighted by molar-refractivity contribution is 5.81. The van der Waals surface area contributed by atoms with Crippen LogP contribution < -0.4 is 5.73 Å². The van der Waals surface area contributed by atoms with Crippen LogP contribution in [0.3, 0.4) is 0 Å². The summed E-state index contributed by atoms with van der Waals surface area (Å²) in [6.07, 6.45) is 2.68. The molecule has 2 atom stereocenters. The first kappa shape index (κ1) is 18.0. The molecule has 0 radical (unpaired) electrons. The molecule has 0 spiro atoms. The highest BCUT2D eigenvalue weighted by Gasteiger charge is 2.43. The van der Waals surface area contributed by atoms with Crippen LogP contribution >= 0.6 is 0 Å². The summed E-state index contributed by atoms with van der Waals surface area (Å²) in [5.41, 5.74) is 5.03. The summed E-state index contributed by atoms with van der Waals surface area (Å²) in [4.78, 5) is 26.0. The lowest BCUT2D eigenvalue weighted by Gasteiger charge is -2.41. The number of nitrogens with zero attached hydrogens (tertiary/aromatic N) is 1. The summed E-state index contributed by atoms with van der Waals surface area (Å²) >= 11 is 0. The minimum atomic E-state index is -0.789. The van der Waals surface area contributed by atoms with Crippen LogP contribution in [0.4, 0.5) is 0 Å². The number of nitrogens with two attached hydrogens (primary N) is 1.